The first kappa shape index (κ1) is 14.2. The summed E-state index contributed by atoms with van der Waals surface area (Å²) in [6.07, 6.45) is 9.67. The van der Waals surface area contributed by atoms with Gasteiger partial charge in [-0.15, -0.1) is 0 Å². The Kier molecular flexibility index (Phi) is 4.98. The highest BCUT2D eigenvalue weighted by Crippen LogP contribution is 2.42. The van der Waals surface area contributed by atoms with Crippen molar-refractivity contribution in [3.05, 3.63) is 12.2 Å². The van der Waals surface area contributed by atoms with Gasteiger partial charge < -0.3 is 9.29 Å². The van der Waals surface area contributed by atoms with Crippen LogP contribution < -0.4 is 0 Å². The zero-order valence-corrected chi connectivity index (χ0v) is 12.0. The summed E-state index contributed by atoms with van der Waals surface area (Å²) < 4.78 is 28.3. The van der Waals surface area contributed by atoms with Crippen LogP contribution in [-0.4, -0.2) is 26.2 Å². The van der Waals surface area contributed by atoms with Crippen molar-refractivity contribution in [3.63, 3.8) is 0 Å². The zero-order chi connectivity index (χ0) is 13.1. The van der Waals surface area contributed by atoms with E-state index in [0.717, 1.165) is 6.42 Å². The molecule has 0 radical (unpaired) electrons. The number of hydrogen-bond donors (Lipinski definition) is 0. The van der Waals surface area contributed by atoms with Crippen molar-refractivity contribution in [2.45, 2.75) is 63.4 Å². The van der Waals surface area contributed by atoms with Crippen LogP contribution in [0.5, 0.6) is 0 Å². The van der Waals surface area contributed by atoms with E-state index in [4.69, 9.17) is 4.74 Å². The largest absolute Gasteiger partial charge is 0.772 e. The maximum atomic E-state index is 11.3. The van der Waals surface area contributed by atoms with E-state index in [-0.39, 0.29) is 17.3 Å². The highest BCUT2D eigenvalue weighted by atomic mass is 32.2. The molecule has 0 spiro atoms. The summed E-state index contributed by atoms with van der Waals surface area (Å²) in [4.78, 5) is 0. The fourth-order valence-electron chi connectivity index (χ4n) is 3.01. The summed E-state index contributed by atoms with van der Waals surface area (Å²) >= 11 is -1.98. The van der Waals surface area contributed by atoms with Gasteiger partial charge in [-0.1, -0.05) is 49.9 Å². The molecule has 1 saturated heterocycles. The van der Waals surface area contributed by atoms with Gasteiger partial charge >= 0.3 is 0 Å². The molecule has 104 valence electrons. The smallest absolute Gasteiger partial charge is 0.0886 e. The highest BCUT2D eigenvalue weighted by molar-refractivity contribution is 7.79. The van der Waals surface area contributed by atoms with Crippen LogP contribution in [-0.2, 0) is 15.8 Å². The Hall–Kier alpha value is -0.190. The highest BCUT2D eigenvalue weighted by Gasteiger charge is 2.49. The maximum Gasteiger partial charge on any atom is 0.0886 e. The molecule has 0 aromatic heterocycles. The molecular formula is C14H23O3S-. The predicted molar refractivity (Wildman–Crippen MR) is 71.9 cm³/mol. The lowest BCUT2D eigenvalue weighted by atomic mass is 9.86. The van der Waals surface area contributed by atoms with Gasteiger partial charge in [-0.05, 0) is 25.2 Å². The van der Waals surface area contributed by atoms with E-state index in [1.165, 1.54) is 19.3 Å². The molecule has 18 heavy (non-hydrogen) atoms. The lowest BCUT2D eigenvalue weighted by molar-refractivity contribution is 0.282. The second-order valence-electron chi connectivity index (χ2n) is 5.59. The summed E-state index contributed by atoms with van der Waals surface area (Å²) in [6.45, 7) is 4.42. The summed E-state index contributed by atoms with van der Waals surface area (Å²) in [5, 5.41) is -0.247. The molecule has 2 rings (SSSR count). The SMILES string of the molecule is CCCCC(C)C1OC1C1CC=CCC1S(=O)[O-]. The zero-order valence-electron chi connectivity index (χ0n) is 11.2. The quantitative estimate of drug-likeness (QED) is 0.424. The van der Waals surface area contributed by atoms with Gasteiger partial charge in [-0.25, -0.2) is 0 Å². The minimum absolute atomic E-state index is 0.169. The lowest BCUT2D eigenvalue weighted by Crippen LogP contribution is -2.32. The summed E-state index contributed by atoms with van der Waals surface area (Å²) in [5.41, 5.74) is 0. The van der Waals surface area contributed by atoms with Gasteiger partial charge in [0.2, 0.25) is 0 Å². The number of rotatable bonds is 6. The summed E-state index contributed by atoms with van der Waals surface area (Å²) in [7, 11) is 0. The van der Waals surface area contributed by atoms with E-state index in [1.54, 1.807) is 0 Å². The van der Waals surface area contributed by atoms with Crippen LogP contribution in [0.15, 0.2) is 12.2 Å². The van der Waals surface area contributed by atoms with Gasteiger partial charge in [0.1, 0.15) is 0 Å². The van der Waals surface area contributed by atoms with Crippen molar-refractivity contribution in [2.24, 2.45) is 11.8 Å². The molecule has 0 saturated carbocycles. The molecule has 2 aliphatic rings. The van der Waals surface area contributed by atoms with E-state index >= 15 is 0 Å². The normalized spacial score (nSPS) is 38.4. The van der Waals surface area contributed by atoms with Crippen molar-refractivity contribution in [1.29, 1.82) is 0 Å². The molecule has 1 fully saturated rings. The molecule has 0 aromatic rings. The molecule has 0 amide bonds. The van der Waals surface area contributed by atoms with Crippen molar-refractivity contribution in [3.8, 4) is 0 Å². The number of unbranched alkanes of at least 4 members (excludes halogenated alkanes) is 1. The van der Waals surface area contributed by atoms with Gasteiger partial charge in [0.05, 0.1) is 12.2 Å². The predicted octanol–water partition coefficient (Wildman–Crippen LogP) is 2.79. The molecule has 3 nitrogen and oxygen atoms in total. The number of allylic oxidation sites excluding steroid dienone is 2. The third-order valence-electron chi connectivity index (χ3n) is 4.23. The topological polar surface area (TPSA) is 52.7 Å². The monoisotopic (exact) mass is 271 g/mol. The van der Waals surface area contributed by atoms with Crippen molar-refractivity contribution in [1.82, 2.24) is 0 Å². The lowest BCUT2D eigenvalue weighted by Gasteiger charge is -2.29. The molecular weight excluding hydrogens is 248 g/mol. The molecule has 1 aliphatic carbocycles. The summed E-state index contributed by atoms with van der Waals surface area (Å²) in [6, 6.07) is 0. The second kappa shape index (κ2) is 6.31. The van der Waals surface area contributed by atoms with Crippen LogP contribution >= 0.6 is 0 Å². The third-order valence-corrected chi connectivity index (χ3v) is 5.26. The number of ether oxygens (including phenoxy) is 1. The van der Waals surface area contributed by atoms with Crippen LogP contribution in [0.25, 0.3) is 0 Å². The van der Waals surface area contributed by atoms with Crippen LogP contribution in [0, 0.1) is 11.8 Å². The molecule has 6 unspecified atom stereocenters. The average Bonchev–Trinajstić information content (AvgIpc) is 3.16. The Balaban J connectivity index is 1.89. The minimum atomic E-state index is -1.98. The first-order valence-electron chi connectivity index (χ1n) is 7.03. The first-order chi connectivity index (χ1) is 8.65. The number of epoxide rings is 1. The fourth-order valence-corrected chi connectivity index (χ4v) is 3.83. The van der Waals surface area contributed by atoms with Gasteiger partial charge in [0.15, 0.2) is 0 Å². The van der Waals surface area contributed by atoms with Crippen LogP contribution in [0.4, 0.5) is 0 Å². The Morgan fingerprint density at radius 1 is 1.44 bits per heavy atom. The van der Waals surface area contributed by atoms with Crippen LogP contribution in [0.3, 0.4) is 0 Å². The van der Waals surface area contributed by atoms with Crippen LogP contribution in [0.1, 0.15) is 46.0 Å². The maximum absolute atomic E-state index is 11.3. The van der Waals surface area contributed by atoms with Gasteiger partial charge in [0.25, 0.3) is 0 Å². The van der Waals surface area contributed by atoms with Gasteiger partial charge in [0, 0.05) is 11.2 Å². The fraction of sp³-hybridized carbons (Fsp3) is 0.857. The average molecular weight is 271 g/mol. The van der Waals surface area contributed by atoms with E-state index in [1.807, 2.05) is 6.08 Å². The van der Waals surface area contributed by atoms with Gasteiger partial charge in [-0.2, -0.15) is 0 Å². The standard InChI is InChI=1S/C14H24O3S/c1-3-4-7-10(2)13-14(17-13)11-8-5-6-9-12(11)18(15)16/h5-6,10-14H,3-4,7-9H2,1-2H3,(H,15,16)/p-1. The number of hydrogen-bond acceptors (Lipinski definition) is 3. The molecule has 0 N–H and O–H groups in total. The Bertz CT molecular complexity index is 329. The Morgan fingerprint density at radius 2 is 2.17 bits per heavy atom. The first-order valence-corrected chi connectivity index (χ1v) is 8.17. The third kappa shape index (κ3) is 3.22. The van der Waals surface area contributed by atoms with E-state index in [9.17, 15) is 8.76 Å². The molecule has 6 atom stereocenters. The molecule has 1 aliphatic heterocycles. The second-order valence-corrected chi connectivity index (χ2v) is 6.72. The molecule has 0 bridgehead atoms. The van der Waals surface area contributed by atoms with Crippen LogP contribution in [0.2, 0.25) is 0 Å². The Morgan fingerprint density at radius 3 is 2.83 bits per heavy atom. The molecule has 0 aromatic carbocycles. The van der Waals surface area contributed by atoms with E-state index in [0.29, 0.717) is 18.4 Å². The molecule has 1 heterocycles. The Labute approximate surface area is 112 Å². The van der Waals surface area contributed by atoms with Crippen molar-refractivity contribution < 1.29 is 13.5 Å². The van der Waals surface area contributed by atoms with Crippen molar-refractivity contribution in [2.75, 3.05) is 0 Å². The van der Waals surface area contributed by atoms with E-state index < -0.39 is 11.1 Å². The molecule has 4 heteroatoms. The van der Waals surface area contributed by atoms with Crippen molar-refractivity contribution >= 4 is 11.1 Å². The minimum Gasteiger partial charge on any atom is -0.772 e. The van der Waals surface area contributed by atoms with Gasteiger partial charge in [-0.3, -0.25) is 4.21 Å². The summed E-state index contributed by atoms with van der Waals surface area (Å²) in [5.74, 6) is 0.726. The van der Waals surface area contributed by atoms with E-state index in [2.05, 4.69) is 19.9 Å².